The average molecular weight is 341 g/mol. The Hall–Kier alpha value is -2.37. The van der Waals surface area contributed by atoms with Crippen LogP contribution in [0.1, 0.15) is 49.1 Å². The zero-order valence-corrected chi connectivity index (χ0v) is 14.4. The summed E-state index contributed by atoms with van der Waals surface area (Å²) in [7, 11) is 0. The maximum absolute atomic E-state index is 12.4. The number of nitrogens with zero attached hydrogens (tertiary/aromatic N) is 3. The molecule has 2 heterocycles. The lowest BCUT2D eigenvalue weighted by Crippen LogP contribution is -2.29. The third-order valence-electron chi connectivity index (χ3n) is 5.14. The summed E-state index contributed by atoms with van der Waals surface area (Å²) in [6.45, 7) is 0.553. The first-order valence-electron chi connectivity index (χ1n) is 9.20. The topological polar surface area (TPSA) is 66.1 Å². The normalized spacial score (nSPS) is 16.6. The number of carbonyl (C=O) groups is 1. The van der Waals surface area contributed by atoms with Crippen LogP contribution in [-0.4, -0.2) is 20.3 Å². The lowest BCUT2D eigenvalue weighted by Gasteiger charge is -2.18. The lowest BCUT2D eigenvalue weighted by molar-refractivity contribution is -0.135. The highest BCUT2D eigenvalue weighted by molar-refractivity contribution is 5.72. The molecular formula is C19H23N3O3. The van der Waals surface area contributed by atoms with E-state index in [1.807, 2.05) is 12.1 Å². The summed E-state index contributed by atoms with van der Waals surface area (Å²) >= 11 is 0. The minimum atomic E-state index is -0.436. The van der Waals surface area contributed by atoms with Crippen LogP contribution < -0.4 is 10.4 Å². The van der Waals surface area contributed by atoms with Crippen molar-refractivity contribution in [2.75, 3.05) is 0 Å². The van der Waals surface area contributed by atoms with Crippen LogP contribution in [0.15, 0.2) is 23.0 Å². The lowest BCUT2D eigenvalue weighted by atomic mass is 9.91. The zero-order chi connectivity index (χ0) is 17.2. The molecule has 0 bridgehead atoms. The van der Waals surface area contributed by atoms with Gasteiger partial charge in [0.2, 0.25) is 0 Å². The second-order valence-electron chi connectivity index (χ2n) is 6.89. The van der Waals surface area contributed by atoms with Gasteiger partial charge in [-0.3, -0.25) is 4.57 Å². The van der Waals surface area contributed by atoms with E-state index in [2.05, 4.69) is 11.2 Å². The third-order valence-corrected chi connectivity index (χ3v) is 5.14. The van der Waals surface area contributed by atoms with Gasteiger partial charge >= 0.3 is 11.7 Å². The zero-order valence-electron chi connectivity index (χ0n) is 14.4. The Morgan fingerprint density at radius 2 is 1.92 bits per heavy atom. The second-order valence-corrected chi connectivity index (χ2v) is 6.89. The van der Waals surface area contributed by atoms with Crippen LogP contribution in [0.4, 0.5) is 0 Å². The highest BCUT2D eigenvalue weighted by atomic mass is 16.5. The third kappa shape index (κ3) is 3.25. The Labute approximate surface area is 146 Å². The molecule has 25 heavy (non-hydrogen) atoms. The molecular weight excluding hydrogens is 318 g/mol. The summed E-state index contributed by atoms with van der Waals surface area (Å²) < 4.78 is 8.53. The summed E-state index contributed by atoms with van der Waals surface area (Å²) in [6.07, 6.45) is 8.21. The van der Waals surface area contributed by atoms with E-state index in [9.17, 15) is 9.59 Å². The van der Waals surface area contributed by atoms with Gasteiger partial charge in [0, 0.05) is 13.0 Å². The van der Waals surface area contributed by atoms with E-state index in [0.717, 1.165) is 56.3 Å². The van der Waals surface area contributed by atoms with Crippen molar-refractivity contribution in [3.63, 3.8) is 0 Å². The van der Waals surface area contributed by atoms with Crippen molar-refractivity contribution in [1.29, 1.82) is 0 Å². The van der Waals surface area contributed by atoms with Gasteiger partial charge in [0.15, 0.2) is 0 Å². The molecule has 1 aromatic heterocycles. The molecule has 2 aromatic rings. The highest BCUT2D eigenvalue weighted by Crippen LogP contribution is 2.29. The van der Waals surface area contributed by atoms with Gasteiger partial charge in [0.05, 0.1) is 0 Å². The number of fused-ring (bicyclic) bond motifs is 2. The molecule has 0 N–H and O–H groups in total. The van der Waals surface area contributed by atoms with Gasteiger partial charge in [-0.05, 0) is 55.7 Å². The predicted octanol–water partition coefficient (Wildman–Crippen LogP) is 2.26. The molecule has 6 nitrogen and oxygen atoms in total. The number of ether oxygens (including phenoxy) is 1. The quantitative estimate of drug-likeness (QED) is 0.634. The molecule has 1 aliphatic heterocycles. The fourth-order valence-corrected chi connectivity index (χ4v) is 3.85. The van der Waals surface area contributed by atoms with Crippen LogP contribution in [0.5, 0.6) is 5.75 Å². The number of aryl methyl sites for hydroxylation is 2. The van der Waals surface area contributed by atoms with E-state index in [1.165, 1.54) is 16.7 Å². The molecule has 0 unspecified atom stereocenters. The largest absolute Gasteiger partial charge is 0.425 e. The smallest absolute Gasteiger partial charge is 0.346 e. The van der Waals surface area contributed by atoms with Crippen LogP contribution in [0.3, 0.4) is 0 Å². The van der Waals surface area contributed by atoms with Gasteiger partial charge in [-0.25, -0.2) is 14.3 Å². The highest BCUT2D eigenvalue weighted by Gasteiger charge is 2.20. The number of benzene rings is 1. The molecule has 0 fully saturated rings. The van der Waals surface area contributed by atoms with Crippen molar-refractivity contribution in [2.24, 2.45) is 0 Å². The minimum Gasteiger partial charge on any atom is -0.425 e. The molecule has 6 heteroatoms. The summed E-state index contributed by atoms with van der Waals surface area (Å²) in [5.74, 6) is 0.984. The van der Waals surface area contributed by atoms with E-state index in [0.29, 0.717) is 12.3 Å². The molecule has 2 aliphatic rings. The SMILES string of the molecule is O=C(Cn1nc2n(c1=O)CCCCC2)Oc1cccc2c1CCCC2. The first-order chi connectivity index (χ1) is 12.2. The van der Waals surface area contributed by atoms with Crippen molar-refractivity contribution in [1.82, 2.24) is 14.3 Å². The fraction of sp³-hybridized carbons (Fsp3) is 0.526. The van der Waals surface area contributed by atoms with E-state index >= 15 is 0 Å². The molecule has 1 aliphatic carbocycles. The molecule has 4 rings (SSSR count). The van der Waals surface area contributed by atoms with E-state index in [4.69, 9.17) is 4.74 Å². The van der Waals surface area contributed by atoms with Crippen LogP contribution in [-0.2, 0) is 37.1 Å². The standard InChI is InChI=1S/C19H23N3O3/c23-18(25-16-10-6-8-14-7-3-4-9-15(14)16)13-22-19(24)21-12-5-1-2-11-17(21)20-22/h6,8,10H,1-5,7,9,11-13H2. The molecule has 0 radical (unpaired) electrons. The van der Waals surface area contributed by atoms with Crippen LogP contribution >= 0.6 is 0 Å². The number of hydrogen-bond acceptors (Lipinski definition) is 4. The summed E-state index contributed by atoms with van der Waals surface area (Å²) in [5, 5.41) is 4.35. The van der Waals surface area contributed by atoms with Crippen molar-refractivity contribution < 1.29 is 9.53 Å². The monoisotopic (exact) mass is 341 g/mol. The number of hydrogen-bond donors (Lipinski definition) is 0. The first kappa shape index (κ1) is 16.1. The number of carbonyl (C=O) groups excluding carboxylic acids is 1. The number of esters is 1. The van der Waals surface area contributed by atoms with Crippen molar-refractivity contribution in [3.8, 4) is 5.75 Å². The van der Waals surface area contributed by atoms with Crippen molar-refractivity contribution in [3.05, 3.63) is 45.6 Å². The Kier molecular flexibility index (Phi) is 4.42. The van der Waals surface area contributed by atoms with E-state index < -0.39 is 5.97 Å². The molecule has 0 spiro atoms. The average Bonchev–Trinajstić information content (AvgIpc) is 2.78. The van der Waals surface area contributed by atoms with Gasteiger partial charge in [-0.15, -0.1) is 0 Å². The van der Waals surface area contributed by atoms with Gasteiger partial charge in [-0.1, -0.05) is 18.6 Å². The molecule has 0 amide bonds. The maximum Gasteiger partial charge on any atom is 0.346 e. The predicted molar refractivity (Wildman–Crippen MR) is 92.8 cm³/mol. The van der Waals surface area contributed by atoms with Gasteiger partial charge in [-0.2, -0.15) is 5.10 Å². The van der Waals surface area contributed by atoms with Gasteiger partial charge in [0.25, 0.3) is 0 Å². The summed E-state index contributed by atoms with van der Waals surface area (Å²) in [4.78, 5) is 24.8. The molecule has 132 valence electrons. The number of aromatic nitrogens is 3. The van der Waals surface area contributed by atoms with Crippen LogP contribution in [0.2, 0.25) is 0 Å². The van der Waals surface area contributed by atoms with E-state index in [1.54, 1.807) is 4.57 Å². The molecule has 1 aromatic carbocycles. The van der Waals surface area contributed by atoms with Crippen LogP contribution in [0.25, 0.3) is 0 Å². The Bertz CT molecular complexity index is 850. The Morgan fingerprint density at radius 1 is 1.08 bits per heavy atom. The Balaban J connectivity index is 1.51. The summed E-state index contributed by atoms with van der Waals surface area (Å²) in [5.41, 5.74) is 2.20. The maximum atomic E-state index is 12.4. The van der Waals surface area contributed by atoms with Gasteiger partial charge < -0.3 is 4.74 Å². The molecule has 0 saturated carbocycles. The first-order valence-corrected chi connectivity index (χ1v) is 9.20. The molecule has 0 atom stereocenters. The summed E-state index contributed by atoms with van der Waals surface area (Å²) in [6, 6.07) is 5.87. The Morgan fingerprint density at radius 3 is 2.84 bits per heavy atom. The van der Waals surface area contributed by atoms with Crippen molar-refractivity contribution in [2.45, 2.75) is 64.5 Å². The van der Waals surface area contributed by atoms with Crippen molar-refractivity contribution >= 4 is 5.97 Å². The molecule has 0 saturated heterocycles. The number of rotatable bonds is 3. The fourth-order valence-electron chi connectivity index (χ4n) is 3.85. The second kappa shape index (κ2) is 6.86. The van der Waals surface area contributed by atoms with E-state index in [-0.39, 0.29) is 12.2 Å². The van der Waals surface area contributed by atoms with Crippen LogP contribution in [0, 0.1) is 0 Å². The minimum absolute atomic E-state index is 0.136. The van der Waals surface area contributed by atoms with Gasteiger partial charge in [0.1, 0.15) is 18.1 Å².